The molecule has 3 rings (SSSR count). The van der Waals surface area contributed by atoms with Gasteiger partial charge in [-0.15, -0.1) is 11.8 Å². The Kier molecular flexibility index (Phi) is 4.85. The summed E-state index contributed by atoms with van der Waals surface area (Å²) in [5.74, 6) is 0.944. The van der Waals surface area contributed by atoms with E-state index in [1.54, 1.807) is 18.0 Å². The normalized spacial score (nSPS) is 11.6. The number of nitriles is 1. The second-order valence-electron chi connectivity index (χ2n) is 4.89. The van der Waals surface area contributed by atoms with Crippen molar-refractivity contribution < 1.29 is 0 Å². The van der Waals surface area contributed by atoms with Crippen LogP contribution in [-0.4, -0.2) is 15.7 Å². The summed E-state index contributed by atoms with van der Waals surface area (Å²) in [7, 11) is 0. The summed E-state index contributed by atoms with van der Waals surface area (Å²) < 4.78 is 0.992. The highest BCUT2D eigenvalue weighted by atomic mass is 79.9. The Morgan fingerprint density at radius 1 is 1.43 bits per heavy atom. The number of pyridine rings is 1. The zero-order chi connectivity index (χ0) is 16.2. The van der Waals surface area contributed by atoms with Gasteiger partial charge >= 0.3 is 0 Å². The molecule has 3 aromatic rings. The van der Waals surface area contributed by atoms with Crippen LogP contribution in [0.3, 0.4) is 0 Å². The number of H-pyrrole nitrogens is 1. The Morgan fingerprint density at radius 3 is 3.09 bits per heavy atom. The Balaban J connectivity index is 2.12. The van der Waals surface area contributed by atoms with Crippen LogP contribution in [0.4, 0.5) is 0 Å². The number of hydrogen-bond donors (Lipinski definition) is 1. The van der Waals surface area contributed by atoms with Crippen molar-refractivity contribution in [2.45, 2.75) is 11.9 Å². The number of fused-ring (bicyclic) bond motifs is 1. The second kappa shape index (κ2) is 7.03. The number of rotatable bonds is 4. The summed E-state index contributed by atoms with van der Waals surface area (Å²) in [5, 5.41) is 11.6. The Bertz CT molecular complexity index is 921. The van der Waals surface area contributed by atoms with E-state index in [9.17, 15) is 5.26 Å². The minimum absolute atomic E-state index is 0.625. The Morgan fingerprint density at radius 2 is 2.30 bits per heavy atom. The van der Waals surface area contributed by atoms with Gasteiger partial charge in [0.05, 0.1) is 11.6 Å². The molecule has 0 aliphatic heterocycles. The topological polar surface area (TPSA) is 52.5 Å². The summed E-state index contributed by atoms with van der Waals surface area (Å²) in [6.45, 7) is 2.09. The fraction of sp³-hybridized carbons (Fsp3) is 0.111. The first kappa shape index (κ1) is 15.9. The molecule has 5 heteroatoms. The quantitative estimate of drug-likeness (QED) is 0.477. The number of benzene rings is 1. The van der Waals surface area contributed by atoms with Crippen molar-refractivity contribution in [2.75, 3.05) is 5.75 Å². The fourth-order valence-electron chi connectivity index (χ4n) is 2.41. The molecule has 1 N–H and O–H groups in total. The van der Waals surface area contributed by atoms with Gasteiger partial charge in [-0.3, -0.25) is 0 Å². The highest BCUT2D eigenvalue weighted by Gasteiger charge is 2.10. The van der Waals surface area contributed by atoms with Gasteiger partial charge in [-0.1, -0.05) is 28.9 Å². The molecular weight excluding hydrogens is 370 g/mol. The van der Waals surface area contributed by atoms with Gasteiger partial charge in [0.25, 0.3) is 0 Å². The highest BCUT2D eigenvalue weighted by molar-refractivity contribution is 9.10. The van der Waals surface area contributed by atoms with Gasteiger partial charge in [0.15, 0.2) is 0 Å². The first-order valence-corrected chi connectivity index (χ1v) is 8.97. The van der Waals surface area contributed by atoms with Crippen molar-refractivity contribution in [1.29, 1.82) is 5.26 Å². The van der Waals surface area contributed by atoms with Crippen molar-refractivity contribution >= 4 is 50.2 Å². The molecule has 0 amide bonds. The maximum absolute atomic E-state index is 9.64. The summed E-state index contributed by atoms with van der Waals surface area (Å²) in [4.78, 5) is 7.63. The van der Waals surface area contributed by atoms with Crippen molar-refractivity contribution in [1.82, 2.24) is 9.97 Å². The van der Waals surface area contributed by atoms with Crippen LogP contribution in [-0.2, 0) is 0 Å². The molecule has 1 aromatic carbocycles. The van der Waals surface area contributed by atoms with E-state index in [1.165, 1.54) is 0 Å². The van der Waals surface area contributed by atoms with E-state index < -0.39 is 0 Å². The molecule has 3 nitrogen and oxygen atoms in total. The molecule has 0 atom stereocenters. The van der Waals surface area contributed by atoms with Crippen LogP contribution in [0.1, 0.15) is 18.1 Å². The minimum Gasteiger partial charge on any atom is -0.361 e. The third-order valence-corrected chi connectivity index (χ3v) is 4.83. The van der Waals surface area contributed by atoms with Gasteiger partial charge in [0.2, 0.25) is 0 Å². The maximum atomic E-state index is 9.64. The highest BCUT2D eigenvalue weighted by Crippen LogP contribution is 2.30. The van der Waals surface area contributed by atoms with Gasteiger partial charge in [0, 0.05) is 38.9 Å². The lowest BCUT2D eigenvalue weighted by Crippen LogP contribution is -1.87. The summed E-state index contributed by atoms with van der Waals surface area (Å²) >= 11 is 5.17. The van der Waals surface area contributed by atoms with Crippen molar-refractivity contribution in [3.8, 4) is 6.07 Å². The Labute approximate surface area is 147 Å². The van der Waals surface area contributed by atoms with E-state index in [2.05, 4.69) is 38.9 Å². The largest absolute Gasteiger partial charge is 0.361 e. The van der Waals surface area contributed by atoms with E-state index in [1.807, 2.05) is 42.6 Å². The number of halogens is 1. The van der Waals surface area contributed by atoms with Crippen LogP contribution in [0.15, 0.2) is 52.2 Å². The molecule has 0 saturated carbocycles. The third kappa shape index (κ3) is 3.34. The van der Waals surface area contributed by atoms with E-state index in [-0.39, 0.29) is 0 Å². The van der Waals surface area contributed by atoms with Crippen molar-refractivity contribution in [2.24, 2.45) is 0 Å². The molecule has 0 fully saturated rings. The predicted molar refractivity (Wildman–Crippen MR) is 100 cm³/mol. The molecule has 2 aromatic heterocycles. The average molecular weight is 384 g/mol. The Hall–Kier alpha value is -2.03. The van der Waals surface area contributed by atoms with E-state index in [4.69, 9.17) is 0 Å². The molecule has 2 heterocycles. The third-order valence-electron chi connectivity index (χ3n) is 3.44. The number of allylic oxidation sites excluding steroid dienone is 1. The van der Waals surface area contributed by atoms with Gasteiger partial charge in [0.1, 0.15) is 5.03 Å². The molecule has 0 unspecified atom stereocenters. The summed E-state index contributed by atoms with van der Waals surface area (Å²) in [6, 6.07) is 12.2. The summed E-state index contributed by atoms with van der Waals surface area (Å²) in [5.41, 5.74) is 3.51. The number of hydrogen-bond acceptors (Lipinski definition) is 3. The molecule has 0 radical (unpaired) electrons. The molecular formula is C18H14BrN3S. The number of thioether (sulfide) groups is 1. The standard InChI is InChI=1S/C18H14BrN3S/c1-2-23-18-12(4-3-7-21-18)8-13(10-20)16-11-22-17-6-5-14(19)9-15(16)17/h3-9,11,22H,2H2,1H3. The van der Waals surface area contributed by atoms with Crippen LogP contribution >= 0.6 is 27.7 Å². The van der Waals surface area contributed by atoms with Crippen LogP contribution in [0.5, 0.6) is 0 Å². The lowest BCUT2D eigenvalue weighted by molar-refractivity contribution is 1.12. The predicted octanol–water partition coefficient (Wildman–Crippen LogP) is 5.50. The first-order valence-electron chi connectivity index (χ1n) is 7.19. The molecule has 0 aliphatic rings. The minimum atomic E-state index is 0.625. The van der Waals surface area contributed by atoms with E-state index in [0.29, 0.717) is 5.57 Å². The van der Waals surface area contributed by atoms with Gasteiger partial charge in [-0.05, 0) is 36.1 Å². The molecule has 0 saturated heterocycles. The average Bonchev–Trinajstić information content (AvgIpc) is 2.97. The van der Waals surface area contributed by atoms with E-state index >= 15 is 0 Å². The molecule has 0 bridgehead atoms. The van der Waals surface area contributed by atoms with Gasteiger partial charge in [-0.2, -0.15) is 5.26 Å². The molecule has 23 heavy (non-hydrogen) atoms. The molecule has 114 valence electrons. The monoisotopic (exact) mass is 383 g/mol. The van der Waals surface area contributed by atoms with E-state index in [0.717, 1.165) is 37.3 Å². The zero-order valence-corrected chi connectivity index (χ0v) is 14.9. The first-order chi connectivity index (χ1) is 11.2. The van der Waals surface area contributed by atoms with Gasteiger partial charge < -0.3 is 4.98 Å². The van der Waals surface area contributed by atoms with Crippen LogP contribution < -0.4 is 0 Å². The number of nitrogens with zero attached hydrogens (tertiary/aromatic N) is 2. The van der Waals surface area contributed by atoms with Crippen LogP contribution in [0, 0.1) is 11.3 Å². The smallest absolute Gasteiger partial charge is 0.103 e. The SMILES string of the molecule is CCSc1ncccc1C=C(C#N)c1c[nH]c2ccc(Br)cc12. The number of aromatic nitrogens is 2. The van der Waals surface area contributed by atoms with Crippen molar-refractivity contribution in [3.63, 3.8) is 0 Å². The summed E-state index contributed by atoms with van der Waals surface area (Å²) in [6.07, 6.45) is 5.58. The molecule has 0 spiro atoms. The second-order valence-corrected chi connectivity index (χ2v) is 7.06. The fourth-order valence-corrected chi connectivity index (χ4v) is 3.48. The van der Waals surface area contributed by atoms with Crippen LogP contribution in [0.2, 0.25) is 0 Å². The van der Waals surface area contributed by atoms with Crippen LogP contribution in [0.25, 0.3) is 22.6 Å². The maximum Gasteiger partial charge on any atom is 0.103 e. The lowest BCUT2D eigenvalue weighted by atomic mass is 10.0. The number of aromatic amines is 1. The molecule has 0 aliphatic carbocycles. The zero-order valence-electron chi connectivity index (χ0n) is 12.5. The van der Waals surface area contributed by atoms with Crippen molar-refractivity contribution in [3.05, 3.63) is 58.3 Å². The van der Waals surface area contributed by atoms with Gasteiger partial charge in [-0.25, -0.2) is 4.98 Å². The lowest BCUT2D eigenvalue weighted by Gasteiger charge is -2.04. The number of nitrogens with one attached hydrogen (secondary N) is 1.